The molecule has 108 valence electrons. The van der Waals surface area contributed by atoms with E-state index in [9.17, 15) is 4.79 Å². The van der Waals surface area contributed by atoms with Gasteiger partial charge in [0.15, 0.2) is 0 Å². The Labute approximate surface area is 120 Å². The van der Waals surface area contributed by atoms with Crippen molar-refractivity contribution in [1.82, 2.24) is 14.9 Å². The second-order valence-electron chi connectivity index (χ2n) is 5.47. The second kappa shape index (κ2) is 6.03. The molecule has 0 saturated carbocycles. The highest BCUT2D eigenvalue weighted by molar-refractivity contribution is 5.74. The van der Waals surface area contributed by atoms with Gasteiger partial charge in [-0.25, -0.2) is 9.97 Å². The van der Waals surface area contributed by atoms with Gasteiger partial charge >= 0.3 is 0 Å². The molecule has 3 heterocycles. The number of carbonyl (C=O) groups excluding carboxylic acids is 1. The van der Waals surface area contributed by atoms with Crippen molar-refractivity contribution in [2.75, 3.05) is 31.1 Å². The molecule has 2 saturated heterocycles. The molecule has 1 spiro atoms. The molecule has 0 N–H and O–H groups in total. The smallest absolute Gasteiger partial charge is 0.219 e. The molecule has 1 aromatic rings. The van der Waals surface area contributed by atoms with Crippen LogP contribution in [-0.4, -0.2) is 47.0 Å². The fraction of sp³-hybridized carbons (Fsp3) is 0.533. The average Bonchev–Trinajstić information content (AvgIpc) is 2.37. The minimum absolute atomic E-state index is 0.186. The molecule has 5 heteroatoms. The van der Waals surface area contributed by atoms with Crippen LogP contribution in [0.4, 0.5) is 5.82 Å². The van der Waals surface area contributed by atoms with Crippen molar-refractivity contribution < 1.29 is 4.79 Å². The maximum atomic E-state index is 11.1. The van der Waals surface area contributed by atoms with Gasteiger partial charge in [0, 0.05) is 44.7 Å². The second-order valence-corrected chi connectivity index (χ2v) is 5.47. The number of likely N-dealkylation sites (tertiary alicyclic amines) is 1. The predicted octanol–water partition coefficient (Wildman–Crippen LogP) is 1.73. The number of allylic oxidation sites excluding steroid dienone is 2. The molecule has 20 heavy (non-hydrogen) atoms. The van der Waals surface area contributed by atoms with Gasteiger partial charge < -0.3 is 9.80 Å². The molecule has 0 radical (unpaired) electrons. The van der Waals surface area contributed by atoms with Gasteiger partial charge in [0.1, 0.15) is 12.1 Å². The lowest BCUT2D eigenvalue weighted by atomic mass is 9.73. The molecule has 5 nitrogen and oxygen atoms in total. The monoisotopic (exact) mass is 274 g/mol. The summed E-state index contributed by atoms with van der Waals surface area (Å²) in [6.45, 7) is 9.46. The van der Waals surface area contributed by atoms with Gasteiger partial charge in [-0.3, -0.25) is 4.79 Å². The number of carbonyl (C=O) groups is 1. The number of rotatable bonds is 1. The molecule has 0 bridgehead atoms. The summed E-state index contributed by atoms with van der Waals surface area (Å²) in [5.74, 6) is 1.17. The molecule has 2 aliphatic rings. The fourth-order valence-corrected chi connectivity index (χ4v) is 2.58. The third kappa shape index (κ3) is 2.98. The van der Waals surface area contributed by atoms with E-state index in [4.69, 9.17) is 0 Å². The van der Waals surface area contributed by atoms with Crippen LogP contribution in [0.15, 0.2) is 30.7 Å². The van der Waals surface area contributed by atoms with E-state index >= 15 is 0 Å². The zero-order chi connectivity index (χ0) is 14.6. The highest BCUT2D eigenvalue weighted by Crippen LogP contribution is 2.40. The average molecular weight is 274 g/mol. The van der Waals surface area contributed by atoms with E-state index in [0.29, 0.717) is 5.41 Å². The largest absolute Gasteiger partial charge is 0.355 e. The Hall–Kier alpha value is -1.91. The number of nitrogens with zero attached hydrogens (tertiary/aromatic N) is 4. The maximum Gasteiger partial charge on any atom is 0.219 e. The lowest BCUT2D eigenvalue weighted by Gasteiger charge is -2.60. The summed E-state index contributed by atoms with van der Waals surface area (Å²) in [5, 5.41) is 0. The van der Waals surface area contributed by atoms with Crippen molar-refractivity contribution in [3.63, 3.8) is 0 Å². The van der Waals surface area contributed by atoms with E-state index in [2.05, 4.69) is 14.9 Å². The number of amides is 1. The van der Waals surface area contributed by atoms with Gasteiger partial charge in [0.25, 0.3) is 0 Å². The van der Waals surface area contributed by atoms with E-state index in [-0.39, 0.29) is 5.91 Å². The van der Waals surface area contributed by atoms with Gasteiger partial charge in [0.05, 0.1) is 0 Å². The highest BCUT2D eigenvalue weighted by Gasteiger charge is 2.52. The first-order chi connectivity index (χ1) is 9.60. The molecule has 0 atom stereocenters. The van der Waals surface area contributed by atoms with Crippen molar-refractivity contribution in [1.29, 1.82) is 0 Å². The van der Waals surface area contributed by atoms with Gasteiger partial charge in [-0.15, -0.1) is 0 Å². The van der Waals surface area contributed by atoms with Crippen LogP contribution < -0.4 is 4.90 Å². The normalized spacial score (nSPS) is 19.1. The third-order valence-electron chi connectivity index (χ3n) is 3.77. The molecular weight excluding hydrogens is 252 g/mol. The Balaban J connectivity index is 0.000000328. The summed E-state index contributed by atoms with van der Waals surface area (Å²) in [5.41, 5.74) is 0.344. The Kier molecular flexibility index (Phi) is 4.37. The summed E-state index contributed by atoms with van der Waals surface area (Å²) >= 11 is 0. The zero-order valence-electron chi connectivity index (χ0n) is 12.4. The summed E-state index contributed by atoms with van der Waals surface area (Å²) in [4.78, 5) is 23.3. The first kappa shape index (κ1) is 14.5. The van der Waals surface area contributed by atoms with Crippen LogP contribution in [0, 0.1) is 5.41 Å². The standard InChI is InChI=1S/C11H14N4O.C4H8/c1-9(16)14-4-11(5-14)6-15(7-11)10-2-3-12-8-13-10;1-3-4-2/h2-3,8H,4-7H2,1H3;3-4H,1-2H3/b;4-3-. The Morgan fingerprint density at radius 1 is 1.25 bits per heavy atom. The van der Waals surface area contributed by atoms with Crippen LogP contribution in [-0.2, 0) is 4.79 Å². The maximum absolute atomic E-state index is 11.1. The van der Waals surface area contributed by atoms with E-state index in [0.717, 1.165) is 32.0 Å². The van der Waals surface area contributed by atoms with E-state index < -0.39 is 0 Å². The molecular formula is C15H22N4O. The van der Waals surface area contributed by atoms with Crippen molar-refractivity contribution >= 4 is 11.7 Å². The molecule has 2 aliphatic heterocycles. The van der Waals surface area contributed by atoms with Gasteiger partial charge in [-0.2, -0.15) is 0 Å². The van der Waals surface area contributed by atoms with E-state index in [1.54, 1.807) is 19.4 Å². The molecule has 0 unspecified atom stereocenters. The molecule has 0 aromatic carbocycles. The summed E-state index contributed by atoms with van der Waals surface area (Å²) in [6, 6.07) is 1.92. The van der Waals surface area contributed by atoms with Crippen LogP contribution in [0.25, 0.3) is 0 Å². The minimum Gasteiger partial charge on any atom is -0.355 e. The lowest BCUT2D eigenvalue weighted by molar-refractivity contribution is -0.142. The Morgan fingerprint density at radius 3 is 2.35 bits per heavy atom. The zero-order valence-corrected chi connectivity index (χ0v) is 12.4. The van der Waals surface area contributed by atoms with E-state index in [1.807, 2.05) is 37.0 Å². The predicted molar refractivity (Wildman–Crippen MR) is 79.4 cm³/mol. The number of hydrogen-bond acceptors (Lipinski definition) is 4. The topological polar surface area (TPSA) is 49.3 Å². The molecule has 1 amide bonds. The Morgan fingerprint density at radius 2 is 1.90 bits per heavy atom. The Bertz CT molecular complexity index is 468. The highest BCUT2D eigenvalue weighted by atomic mass is 16.2. The summed E-state index contributed by atoms with van der Waals surface area (Å²) in [6.07, 6.45) is 7.33. The van der Waals surface area contributed by atoms with Crippen molar-refractivity contribution in [3.8, 4) is 0 Å². The number of hydrogen-bond donors (Lipinski definition) is 0. The first-order valence-corrected chi connectivity index (χ1v) is 6.94. The van der Waals surface area contributed by atoms with Crippen LogP contribution in [0.2, 0.25) is 0 Å². The van der Waals surface area contributed by atoms with Crippen LogP contribution in [0.5, 0.6) is 0 Å². The summed E-state index contributed by atoms with van der Waals surface area (Å²) < 4.78 is 0. The van der Waals surface area contributed by atoms with Crippen LogP contribution in [0.1, 0.15) is 20.8 Å². The fourth-order valence-electron chi connectivity index (χ4n) is 2.58. The van der Waals surface area contributed by atoms with Crippen molar-refractivity contribution in [2.45, 2.75) is 20.8 Å². The molecule has 2 fully saturated rings. The number of aromatic nitrogens is 2. The van der Waals surface area contributed by atoms with Gasteiger partial charge in [0.2, 0.25) is 5.91 Å². The third-order valence-corrected chi connectivity index (χ3v) is 3.77. The lowest BCUT2D eigenvalue weighted by Crippen LogP contribution is -2.73. The number of anilines is 1. The van der Waals surface area contributed by atoms with Crippen LogP contribution >= 0.6 is 0 Å². The quantitative estimate of drug-likeness (QED) is 0.732. The van der Waals surface area contributed by atoms with Crippen LogP contribution in [0.3, 0.4) is 0 Å². The molecule has 3 rings (SSSR count). The molecule has 0 aliphatic carbocycles. The SMILES string of the molecule is C/C=C\C.CC(=O)N1CC2(C1)CN(c1ccncn1)C2. The first-order valence-electron chi connectivity index (χ1n) is 6.94. The van der Waals surface area contributed by atoms with E-state index in [1.165, 1.54) is 0 Å². The van der Waals surface area contributed by atoms with Crippen molar-refractivity contribution in [3.05, 3.63) is 30.7 Å². The van der Waals surface area contributed by atoms with Gasteiger partial charge in [-0.1, -0.05) is 12.2 Å². The van der Waals surface area contributed by atoms with Crippen molar-refractivity contribution in [2.24, 2.45) is 5.41 Å². The van der Waals surface area contributed by atoms with Gasteiger partial charge in [-0.05, 0) is 19.9 Å². The minimum atomic E-state index is 0.186. The summed E-state index contributed by atoms with van der Waals surface area (Å²) in [7, 11) is 0. The molecule has 1 aromatic heterocycles.